The molecule has 0 aliphatic heterocycles. The number of urea groups is 1. The largest absolute Gasteiger partial charge is 0.322 e. The van der Waals surface area contributed by atoms with Crippen molar-refractivity contribution in [1.29, 1.82) is 0 Å². The van der Waals surface area contributed by atoms with Crippen molar-refractivity contribution in [2.75, 3.05) is 23.7 Å². The van der Waals surface area contributed by atoms with Crippen LogP contribution in [-0.4, -0.2) is 39.7 Å². The summed E-state index contributed by atoms with van der Waals surface area (Å²) < 4.78 is 1.76. The van der Waals surface area contributed by atoms with Crippen LogP contribution in [0.2, 0.25) is 0 Å². The molecular formula is C32H37N5O2. The van der Waals surface area contributed by atoms with Crippen molar-refractivity contribution in [2.24, 2.45) is 0 Å². The second kappa shape index (κ2) is 12.4. The fraction of sp³-hybridized carbons (Fsp3) is 0.281. The molecule has 0 saturated carbocycles. The quantitative estimate of drug-likeness (QED) is 0.247. The van der Waals surface area contributed by atoms with Gasteiger partial charge in [0.1, 0.15) is 12.4 Å². The van der Waals surface area contributed by atoms with Crippen LogP contribution in [0.25, 0.3) is 16.8 Å². The second-order valence-electron chi connectivity index (χ2n) is 9.97. The molecule has 0 radical (unpaired) electrons. The van der Waals surface area contributed by atoms with Gasteiger partial charge in [0, 0.05) is 17.8 Å². The van der Waals surface area contributed by atoms with Gasteiger partial charge in [-0.15, -0.1) is 0 Å². The molecule has 3 amide bonds. The Bertz CT molecular complexity index is 1440. The van der Waals surface area contributed by atoms with Gasteiger partial charge < -0.3 is 15.5 Å². The SMILES string of the molecule is CCCCN(CC(=O)Nc1c(-c2ccccc2)c(C)nn1-c1ccc(C)cc1)C(=O)Nc1ccc(C)c(C)c1. The highest BCUT2D eigenvalue weighted by Crippen LogP contribution is 2.33. The Labute approximate surface area is 230 Å². The zero-order valence-corrected chi connectivity index (χ0v) is 23.4. The minimum absolute atomic E-state index is 0.0803. The van der Waals surface area contributed by atoms with Gasteiger partial charge in [-0.05, 0) is 75.1 Å². The van der Waals surface area contributed by atoms with E-state index in [4.69, 9.17) is 5.10 Å². The maximum absolute atomic E-state index is 13.5. The monoisotopic (exact) mass is 523 g/mol. The smallest absolute Gasteiger partial charge is 0.315 e. The molecule has 4 rings (SSSR count). The molecule has 4 aromatic rings. The number of nitrogens with zero attached hydrogens (tertiary/aromatic N) is 3. The first-order valence-corrected chi connectivity index (χ1v) is 13.4. The Morgan fingerprint density at radius 2 is 1.59 bits per heavy atom. The van der Waals surface area contributed by atoms with Gasteiger partial charge in [-0.2, -0.15) is 5.10 Å². The normalized spacial score (nSPS) is 10.8. The lowest BCUT2D eigenvalue weighted by Gasteiger charge is -2.23. The number of carbonyl (C=O) groups excluding carboxylic acids is 2. The van der Waals surface area contributed by atoms with Crippen LogP contribution in [0.1, 0.15) is 42.1 Å². The summed E-state index contributed by atoms with van der Waals surface area (Å²) in [6.45, 7) is 10.5. The van der Waals surface area contributed by atoms with E-state index in [0.717, 1.165) is 52.0 Å². The van der Waals surface area contributed by atoms with E-state index in [1.807, 2.05) is 100 Å². The number of aromatic nitrogens is 2. The number of benzene rings is 3. The van der Waals surface area contributed by atoms with Crippen molar-refractivity contribution < 1.29 is 9.59 Å². The zero-order valence-electron chi connectivity index (χ0n) is 23.4. The topological polar surface area (TPSA) is 79.3 Å². The van der Waals surface area contributed by atoms with Crippen LogP contribution >= 0.6 is 0 Å². The molecule has 202 valence electrons. The predicted octanol–water partition coefficient (Wildman–Crippen LogP) is 7.05. The summed E-state index contributed by atoms with van der Waals surface area (Å²) in [6, 6.07) is 23.4. The maximum atomic E-state index is 13.5. The number of nitrogens with one attached hydrogen (secondary N) is 2. The first kappa shape index (κ1) is 27.6. The molecule has 0 unspecified atom stereocenters. The summed E-state index contributed by atoms with van der Waals surface area (Å²) in [4.78, 5) is 28.3. The van der Waals surface area contributed by atoms with Crippen LogP contribution in [0, 0.1) is 27.7 Å². The van der Waals surface area contributed by atoms with Gasteiger partial charge in [0.2, 0.25) is 5.91 Å². The van der Waals surface area contributed by atoms with Gasteiger partial charge >= 0.3 is 6.03 Å². The van der Waals surface area contributed by atoms with E-state index in [0.29, 0.717) is 18.1 Å². The van der Waals surface area contributed by atoms with Crippen molar-refractivity contribution in [2.45, 2.75) is 47.5 Å². The van der Waals surface area contributed by atoms with E-state index in [-0.39, 0.29) is 18.5 Å². The molecule has 0 aliphatic rings. The molecule has 0 atom stereocenters. The first-order valence-electron chi connectivity index (χ1n) is 13.4. The van der Waals surface area contributed by atoms with Crippen LogP contribution in [0.4, 0.5) is 16.3 Å². The van der Waals surface area contributed by atoms with Gasteiger partial charge in [-0.1, -0.05) is 67.4 Å². The molecule has 0 aliphatic carbocycles. The van der Waals surface area contributed by atoms with Crippen molar-refractivity contribution in [3.8, 4) is 16.8 Å². The Balaban J connectivity index is 1.62. The lowest BCUT2D eigenvalue weighted by molar-refractivity contribution is -0.116. The number of rotatable bonds is 9. The van der Waals surface area contributed by atoms with Gasteiger partial charge in [-0.3, -0.25) is 4.79 Å². The highest BCUT2D eigenvalue weighted by molar-refractivity contribution is 5.99. The molecule has 1 heterocycles. The maximum Gasteiger partial charge on any atom is 0.322 e. The number of carbonyl (C=O) groups is 2. The van der Waals surface area contributed by atoms with Crippen LogP contribution < -0.4 is 10.6 Å². The molecule has 7 heteroatoms. The fourth-order valence-electron chi connectivity index (χ4n) is 4.43. The van der Waals surface area contributed by atoms with Crippen molar-refractivity contribution >= 4 is 23.4 Å². The van der Waals surface area contributed by atoms with Crippen molar-refractivity contribution in [3.63, 3.8) is 0 Å². The van der Waals surface area contributed by atoms with E-state index in [1.54, 1.807) is 9.58 Å². The average molecular weight is 524 g/mol. The molecule has 0 fully saturated rings. The van der Waals surface area contributed by atoms with Crippen LogP contribution in [0.15, 0.2) is 72.8 Å². The van der Waals surface area contributed by atoms with E-state index in [9.17, 15) is 9.59 Å². The van der Waals surface area contributed by atoms with Gasteiger partial charge in [0.25, 0.3) is 0 Å². The number of hydrogen-bond acceptors (Lipinski definition) is 3. The number of amides is 3. The molecule has 39 heavy (non-hydrogen) atoms. The summed E-state index contributed by atoms with van der Waals surface area (Å²) >= 11 is 0. The third-order valence-corrected chi connectivity index (χ3v) is 6.82. The first-order chi connectivity index (χ1) is 18.8. The number of aryl methyl sites for hydroxylation is 4. The Morgan fingerprint density at radius 3 is 2.26 bits per heavy atom. The lowest BCUT2D eigenvalue weighted by Crippen LogP contribution is -2.41. The summed E-state index contributed by atoms with van der Waals surface area (Å²) in [5.41, 5.74) is 7.55. The summed E-state index contributed by atoms with van der Waals surface area (Å²) in [5, 5.41) is 10.8. The Hall–Kier alpha value is -4.39. The standard InChI is InChI=1S/C32H37N5O2/c1-6-7-19-36(32(39)33-27-16-15-23(3)24(4)20-27)21-29(38)34-31-30(26-11-9-8-10-12-26)25(5)35-37(31)28-17-13-22(2)14-18-28/h8-18,20H,6-7,19,21H2,1-5H3,(H,33,39)(H,34,38). The molecule has 2 N–H and O–H groups in total. The van der Waals surface area contributed by atoms with E-state index in [2.05, 4.69) is 17.6 Å². The van der Waals surface area contributed by atoms with Gasteiger partial charge in [0.15, 0.2) is 0 Å². The number of unbranched alkanes of at least 4 members (excludes halogenated alkanes) is 1. The molecule has 0 saturated heterocycles. The average Bonchev–Trinajstić information content (AvgIpc) is 3.24. The zero-order chi connectivity index (χ0) is 27.9. The van der Waals surface area contributed by atoms with Crippen LogP contribution in [0.3, 0.4) is 0 Å². The van der Waals surface area contributed by atoms with Crippen molar-refractivity contribution in [1.82, 2.24) is 14.7 Å². The van der Waals surface area contributed by atoms with Crippen molar-refractivity contribution in [3.05, 3.63) is 95.2 Å². The molecule has 3 aromatic carbocycles. The van der Waals surface area contributed by atoms with Crippen LogP contribution in [-0.2, 0) is 4.79 Å². The van der Waals surface area contributed by atoms with E-state index < -0.39 is 0 Å². The predicted molar refractivity (Wildman–Crippen MR) is 159 cm³/mol. The number of hydrogen-bond donors (Lipinski definition) is 2. The summed E-state index contributed by atoms with van der Waals surface area (Å²) in [7, 11) is 0. The number of anilines is 2. The third kappa shape index (κ3) is 6.74. The summed E-state index contributed by atoms with van der Waals surface area (Å²) in [6.07, 6.45) is 1.70. The van der Waals surface area contributed by atoms with Gasteiger partial charge in [-0.25, -0.2) is 9.48 Å². The molecular weight excluding hydrogens is 486 g/mol. The highest BCUT2D eigenvalue weighted by Gasteiger charge is 2.23. The molecule has 7 nitrogen and oxygen atoms in total. The van der Waals surface area contributed by atoms with E-state index in [1.165, 1.54) is 0 Å². The van der Waals surface area contributed by atoms with Gasteiger partial charge in [0.05, 0.1) is 11.4 Å². The Morgan fingerprint density at radius 1 is 0.872 bits per heavy atom. The summed E-state index contributed by atoms with van der Waals surface area (Å²) in [5.74, 6) is 0.296. The fourth-order valence-corrected chi connectivity index (χ4v) is 4.43. The highest BCUT2D eigenvalue weighted by atomic mass is 16.2. The van der Waals surface area contributed by atoms with E-state index >= 15 is 0 Å². The van der Waals surface area contributed by atoms with Crippen LogP contribution in [0.5, 0.6) is 0 Å². The second-order valence-corrected chi connectivity index (χ2v) is 9.97. The third-order valence-electron chi connectivity index (χ3n) is 6.82. The minimum atomic E-state index is -0.298. The molecule has 0 spiro atoms. The molecule has 0 bridgehead atoms. The molecule has 1 aromatic heterocycles. The minimum Gasteiger partial charge on any atom is -0.315 e. The lowest BCUT2D eigenvalue weighted by atomic mass is 10.1. The Kier molecular flexibility index (Phi) is 8.81.